The van der Waals surface area contributed by atoms with Crippen molar-refractivity contribution >= 4 is 22.0 Å². The van der Waals surface area contributed by atoms with Crippen molar-refractivity contribution in [1.29, 1.82) is 0 Å². The molecule has 3 heterocycles. The van der Waals surface area contributed by atoms with Crippen LogP contribution in [-0.4, -0.2) is 42.5 Å². The SMILES string of the molecule is CC(C)(C)OC(=O)N1CCn2nc(Br)c(-n3cc[nH]c3=O)c2C1. The third kappa shape index (κ3) is 3.05. The Bertz CT molecular complexity index is 798. The molecule has 0 saturated carbocycles. The summed E-state index contributed by atoms with van der Waals surface area (Å²) in [5.41, 5.74) is 0.631. The van der Waals surface area contributed by atoms with Crippen molar-refractivity contribution in [3.8, 4) is 5.69 Å². The molecular weight excluding hydrogens is 366 g/mol. The van der Waals surface area contributed by atoms with Crippen molar-refractivity contribution in [3.63, 3.8) is 0 Å². The van der Waals surface area contributed by atoms with E-state index >= 15 is 0 Å². The molecule has 0 fully saturated rings. The van der Waals surface area contributed by atoms with E-state index in [0.29, 0.717) is 29.9 Å². The van der Waals surface area contributed by atoms with Crippen LogP contribution in [0.3, 0.4) is 0 Å². The molecular formula is C14H18BrN5O3. The van der Waals surface area contributed by atoms with Crippen molar-refractivity contribution in [1.82, 2.24) is 24.2 Å². The van der Waals surface area contributed by atoms with Crippen LogP contribution in [0, 0.1) is 0 Å². The number of ether oxygens (including phenoxy) is 1. The van der Waals surface area contributed by atoms with Crippen LogP contribution in [0.1, 0.15) is 26.5 Å². The molecule has 1 amide bonds. The highest BCUT2D eigenvalue weighted by atomic mass is 79.9. The number of hydrogen-bond acceptors (Lipinski definition) is 4. The number of H-pyrrole nitrogens is 1. The van der Waals surface area contributed by atoms with Crippen molar-refractivity contribution in [3.05, 3.63) is 33.2 Å². The number of aromatic amines is 1. The fourth-order valence-corrected chi connectivity index (χ4v) is 3.10. The summed E-state index contributed by atoms with van der Waals surface area (Å²) >= 11 is 3.40. The van der Waals surface area contributed by atoms with Crippen LogP contribution in [0.25, 0.3) is 5.69 Å². The number of halogens is 1. The third-order valence-electron chi connectivity index (χ3n) is 3.45. The second kappa shape index (κ2) is 5.55. The molecule has 2 aromatic heterocycles. The van der Waals surface area contributed by atoms with Gasteiger partial charge in [0.25, 0.3) is 0 Å². The van der Waals surface area contributed by atoms with Crippen LogP contribution < -0.4 is 5.69 Å². The Morgan fingerprint density at radius 2 is 2.13 bits per heavy atom. The zero-order chi connectivity index (χ0) is 16.8. The van der Waals surface area contributed by atoms with Gasteiger partial charge in [-0.2, -0.15) is 5.10 Å². The summed E-state index contributed by atoms with van der Waals surface area (Å²) in [7, 11) is 0. The Labute approximate surface area is 141 Å². The Kier molecular flexibility index (Phi) is 3.83. The molecule has 1 aliphatic rings. The molecule has 3 rings (SSSR count). The molecule has 0 aromatic carbocycles. The average molecular weight is 384 g/mol. The quantitative estimate of drug-likeness (QED) is 0.814. The number of imidazole rings is 1. The topological polar surface area (TPSA) is 85.2 Å². The molecule has 2 aromatic rings. The van der Waals surface area contributed by atoms with E-state index in [1.807, 2.05) is 20.8 Å². The highest BCUT2D eigenvalue weighted by Gasteiger charge is 2.30. The second-order valence-electron chi connectivity index (χ2n) is 6.35. The van der Waals surface area contributed by atoms with Crippen molar-refractivity contribution in [2.45, 2.75) is 39.5 Å². The fraction of sp³-hybridized carbons (Fsp3) is 0.500. The van der Waals surface area contributed by atoms with Gasteiger partial charge in [0.15, 0.2) is 4.60 Å². The van der Waals surface area contributed by atoms with Gasteiger partial charge in [0.1, 0.15) is 11.3 Å². The van der Waals surface area contributed by atoms with Gasteiger partial charge in [-0.1, -0.05) is 0 Å². The van der Waals surface area contributed by atoms with Crippen molar-refractivity contribution < 1.29 is 9.53 Å². The predicted molar refractivity (Wildman–Crippen MR) is 86.5 cm³/mol. The summed E-state index contributed by atoms with van der Waals surface area (Å²) in [4.78, 5) is 28.4. The summed E-state index contributed by atoms with van der Waals surface area (Å²) in [5.74, 6) is 0. The molecule has 0 saturated heterocycles. The van der Waals surface area contributed by atoms with Gasteiger partial charge in [-0.15, -0.1) is 0 Å². The number of hydrogen-bond donors (Lipinski definition) is 1. The first-order chi connectivity index (χ1) is 10.8. The second-order valence-corrected chi connectivity index (χ2v) is 7.10. The third-order valence-corrected chi connectivity index (χ3v) is 3.99. The van der Waals surface area contributed by atoms with E-state index < -0.39 is 5.60 Å². The Balaban J connectivity index is 1.93. The molecule has 0 spiro atoms. The van der Waals surface area contributed by atoms with Crippen LogP contribution in [0.5, 0.6) is 0 Å². The lowest BCUT2D eigenvalue weighted by Crippen LogP contribution is -2.42. The van der Waals surface area contributed by atoms with E-state index in [-0.39, 0.29) is 11.8 Å². The van der Waals surface area contributed by atoms with Gasteiger partial charge in [0.05, 0.1) is 18.8 Å². The number of carbonyl (C=O) groups excluding carboxylic acids is 1. The minimum atomic E-state index is -0.546. The van der Waals surface area contributed by atoms with Gasteiger partial charge >= 0.3 is 11.8 Å². The normalized spacial score (nSPS) is 14.7. The molecule has 0 radical (unpaired) electrons. The zero-order valence-corrected chi connectivity index (χ0v) is 14.8. The Morgan fingerprint density at radius 3 is 2.74 bits per heavy atom. The number of aromatic nitrogens is 4. The Morgan fingerprint density at radius 1 is 1.39 bits per heavy atom. The molecule has 0 atom stereocenters. The first-order valence-corrected chi connectivity index (χ1v) is 8.05. The maximum absolute atomic E-state index is 12.3. The number of nitrogens with zero attached hydrogens (tertiary/aromatic N) is 4. The lowest BCUT2D eigenvalue weighted by molar-refractivity contribution is 0.0194. The minimum Gasteiger partial charge on any atom is -0.444 e. The van der Waals surface area contributed by atoms with Crippen molar-refractivity contribution in [2.75, 3.05) is 6.54 Å². The summed E-state index contributed by atoms with van der Waals surface area (Å²) in [6.07, 6.45) is 2.83. The zero-order valence-electron chi connectivity index (χ0n) is 13.2. The van der Waals surface area contributed by atoms with Gasteiger partial charge in [-0.3, -0.25) is 9.25 Å². The smallest absolute Gasteiger partial charge is 0.410 e. The first kappa shape index (κ1) is 15.9. The number of amides is 1. The van der Waals surface area contributed by atoms with Crippen LogP contribution in [0.2, 0.25) is 0 Å². The molecule has 124 valence electrons. The van der Waals surface area contributed by atoms with Crippen LogP contribution in [0.15, 0.2) is 21.8 Å². The number of nitrogens with one attached hydrogen (secondary N) is 1. The van der Waals surface area contributed by atoms with Crippen LogP contribution in [-0.2, 0) is 17.8 Å². The largest absolute Gasteiger partial charge is 0.444 e. The first-order valence-electron chi connectivity index (χ1n) is 7.26. The molecule has 1 aliphatic heterocycles. The van der Waals surface area contributed by atoms with E-state index in [4.69, 9.17) is 4.74 Å². The molecule has 9 heteroatoms. The van der Waals surface area contributed by atoms with Gasteiger partial charge in [0, 0.05) is 18.9 Å². The molecule has 8 nitrogen and oxygen atoms in total. The van der Waals surface area contributed by atoms with E-state index in [1.165, 1.54) is 4.57 Å². The standard InChI is InChI=1S/C14H18BrN5O3/c1-14(2,3)23-13(22)18-6-7-20-9(8-18)10(11(15)17-20)19-5-4-16-12(19)21/h4-5H,6-8H2,1-3H3,(H,16,21). The maximum Gasteiger partial charge on any atom is 0.410 e. The van der Waals surface area contributed by atoms with E-state index in [1.54, 1.807) is 22.0 Å². The predicted octanol–water partition coefficient (Wildman–Crippen LogP) is 1.88. The van der Waals surface area contributed by atoms with Crippen molar-refractivity contribution in [2.24, 2.45) is 0 Å². The van der Waals surface area contributed by atoms with E-state index in [0.717, 1.165) is 5.69 Å². The fourth-order valence-electron chi connectivity index (χ4n) is 2.49. The van der Waals surface area contributed by atoms with Gasteiger partial charge in [-0.25, -0.2) is 9.59 Å². The number of carbonyl (C=O) groups is 1. The lowest BCUT2D eigenvalue weighted by Gasteiger charge is -2.30. The van der Waals surface area contributed by atoms with Gasteiger partial charge < -0.3 is 14.6 Å². The average Bonchev–Trinajstić information content (AvgIpc) is 2.98. The number of fused-ring (bicyclic) bond motifs is 1. The molecule has 0 bridgehead atoms. The number of rotatable bonds is 1. The molecule has 0 unspecified atom stereocenters. The summed E-state index contributed by atoms with van der Waals surface area (Å²) < 4.78 is 9.27. The highest BCUT2D eigenvalue weighted by Crippen LogP contribution is 2.27. The molecule has 1 N–H and O–H groups in total. The van der Waals surface area contributed by atoms with Crippen LogP contribution in [0.4, 0.5) is 4.79 Å². The summed E-state index contributed by atoms with van der Waals surface area (Å²) in [6.45, 7) is 6.89. The molecule has 0 aliphatic carbocycles. The highest BCUT2D eigenvalue weighted by molar-refractivity contribution is 9.10. The maximum atomic E-state index is 12.3. The van der Waals surface area contributed by atoms with E-state index in [2.05, 4.69) is 26.0 Å². The minimum absolute atomic E-state index is 0.254. The summed E-state index contributed by atoms with van der Waals surface area (Å²) in [5, 5.41) is 4.40. The molecule has 23 heavy (non-hydrogen) atoms. The van der Waals surface area contributed by atoms with Crippen LogP contribution >= 0.6 is 15.9 Å². The van der Waals surface area contributed by atoms with Gasteiger partial charge in [-0.05, 0) is 36.7 Å². The lowest BCUT2D eigenvalue weighted by atomic mass is 10.2. The van der Waals surface area contributed by atoms with E-state index in [9.17, 15) is 9.59 Å². The Hall–Kier alpha value is -2.03. The van der Waals surface area contributed by atoms with Gasteiger partial charge in [0.2, 0.25) is 0 Å². The monoisotopic (exact) mass is 383 g/mol. The summed E-state index contributed by atoms with van der Waals surface area (Å²) in [6, 6.07) is 0.